The molecule has 15 heavy (non-hydrogen) atoms. The number of hydrogen-bond donors (Lipinski definition) is 1. The number of methoxy groups -OCH3 is 1. The molecule has 84 valence electrons. The summed E-state index contributed by atoms with van der Waals surface area (Å²) in [6.07, 6.45) is 0. The van der Waals surface area contributed by atoms with Crippen molar-refractivity contribution < 1.29 is 4.74 Å². The molecule has 0 bridgehead atoms. The minimum absolute atomic E-state index is 0.351. The lowest BCUT2D eigenvalue weighted by Gasteiger charge is -2.12. The van der Waals surface area contributed by atoms with Crippen LogP contribution in [0.2, 0.25) is 5.02 Å². The molecule has 0 heterocycles. The Bertz CT molecular complexity index is 319. The minimum atomic E-state index is 0.351. The Labute approximate surface area is 104 Å². The molecule has 0 fully saturated rings. The van der Waals surface area contributed by atoms with Crippen molar-refractivity contribution in [1.82, 2.24) is 5.32 Å². The number of benzene rings is 1. The van der Waals surface area contributed by atoms with Gasteiger partial charge in [-0.25, -0.2) is 0 Å². The van der Waals surface area contributed by atoms with E-state index in [1.54, 1.807) is 7.11 Å². The molecule has 0 saturated heterocycles. The first kappa shape index (κ1) is 13.0. The third-order valence-electron chi connectivity index (χ3n) is 2.06. The van der Waals surface area contributed by atoms with Crippen LogP contribution >= 0.6 is 27.5 Å². The van der Waals surface area contributed by atoms with Gasteiger partial charge < -0.3 is 10.1 Å². The van der Waals surface area contributed by atoms with Gasteiger partial charge in [-0.1, -0.05) is 17.7 Å². The van der Waals surface area contributed by atoms with E-state index in [-0.39, 0.29) is 0 Å². The highest BCUT2D eigenvalue weighted by molar-refractivity contribution is 9.10. The van der Waals surface area contributed by atoms with E-state index in [1.807, 2.05) is 18.2 Å². The maximum Gasteiger partial charge on any atom is 0.0613 e. The predicted octanol–water partition coefficient (Wildman–Crippen LogP) is 3.23. The maximum absolute atomic E-state index is 5.91. The lowest BCUT2D eigenvalue weighted by molar-refractivity contribution is 0.171. The van der Waals surface area contributed by atoms with Crippen LogP contribution in [-0.2, 0) is 11.3 Å². The fourth-order valence-electron chi connectivity index (χ4n) is 1.25. The van der Waals surface area contributed by atoms with Crippen molar-refractivity contribution in [2.75, 3.05) is 13.7 Å². The average Bonchev–Trinajstić information content (AvgIpc) is 2.20. The van der Waals surface area contributed by atoms with Crippen molar-refractivity contribution in [3.05, 3.63) is 33.3 Å². The molecule has 1 aromatic rings. The van der Waals surface area contributed by atoms with Crippen molar-refractivity contribution in [2.45, 2.75) is 19.5 Å². The zero-order chi connectivity index (χ0) is 11.3. The summed E-state index contributed by atoms with van der Waals surface area (Å²) in [4.78, 5) is 0. The minimum Gasteiger partial charge on any atom is -0.383 e. The van der Waals surface area contributed by atoms with Crippen LogP contribution in [-0.4, -0.2) is 19.8 Å². The highest BCUT2D eigenvalue weighted by Gasteiger charge is 2.02. The van der Waals surface area contributed by atoms with Crippen molar-refractivity contribution in [2.24, 2.45) is 0 Å². The molecule has 0 aliphatic heterocycles. The summed E-state index contributed by atoms with van der Waals surface area (Å²) in [6, 6.07) is 6.28. The Morgan fingerprint density at radius 1 is 1.53 bits per heavy atom. The first-order valence-corrected chi connectivity index (χ1v) is 5.97. The van der Waals surface area contributed by atoms with Gasteiger partial charge in [-0.3, -0.25) is 0 Å². The van der Waals surface area contributed by atoms with Gasteiger partial charge in [0.1, 0.15) is 0 Å². The van der Waals surface area contributed by atoms with Crippen LogP contribution in [0.4, 0.5) is 0 Å². The summed E-state index contributed by atoms with van der Waals surface area (Å²) in [7, 11) is 1.71. The number of hydrogen-bond acceptors (Lipinski definition) is 2. The van der Waals surface area contributed by atoms with Gasteiger partial charge in [0.2, 0.25) is 0 Å². The molecule has 0 aromatic heterocycles. The quantitative estimate of drug-likeness (QED) is 0.900. The third kappa shape index (κ3) is 4.51. The molecule has 1 rings (SSSR count). The molecule has 0 unspecified atom stereocenters. The molecule has 1 aromatic carbocycles. The molecule has 0 saturated carbocycles. The van der Waals surface area contributed by atoms with E-state index in [2.05, 4.69) is 28.2 Å². The van der Waals surface area contributed by atoms with Crippen LogP contribution in [0.15, 0.2) is 22.7 Å². The van der Waals surface area contributed by atoms with Crippen LogP contribution in [0.1, 0.15) is 12.5 Å². The summed E-state index contributed by atoms with van der Waals surface area (Å²) < 4.78 is 5.98. The van der Waals surface area contributed by atoms with Crippen LogP contribution < -0.4 is 5.32 Å². The van der Waals surface area contributed by atoms with Crippen LogP contribution in [0.3, 0.4) is 0 Å². The van der Waals surface area contributed by atoms with E-state index >= 15 is 0 Å². The van der Waals surface area contributed by atoms with E-state index in [4.69, 9.17) is 16.3 Å². The Morgan fingerprint density at radius 3 is 2.87 bits per heavy atom. The van der Waals surface area contributed by atoms with Crippen LogP contribution in [0.5, 0.6) is 0 Å². The van der Waals surface area contributed by atoms with Gasteiger partial charge in [-0.05, 0) is 40.5 Å². The van der Waals surface area contributed by atoms with E-state index in [0.29, 0.717) is 6.04 Å². The molecule has 0 amide bonds. The van der Waals surface area contributed by atoms with Crippen LogP contribution in [0, 0.1) is 0 Å². The molecular formula is C11H15BrClNO. The number of nitrogens with one attached hydrogen (secondary N) is 1. The van der Waals surface area contributed by atoms with Crippen molar-refractivity contribution >= 4 is 27.5 Å². The zero-order valence-corrected chi connectivity index (χ0v) is 11.2. The average molecular weight is 293 g/mol. The third-order valence-corrected chi connectivity index (χ3v) is 3.27. The van der Waals surface area contributed by atoms with Gasteiger partial charge in [0.25, 0.3) is 0 Å². The molecule has 0 radical (unpaired) electrons. The first-order chi connectivity index (χ1) is 7.13. The largest absolute Gasteiger partial charge is 0.383 e. The highest BCUT2D eigenvalue weighted by Crippen LogP contribution is 2.23. The fraction of sp³-hybridized carbons (Fsp3) is 0.455. The monoisotopic (exact) mass is 291 g/mol. The van der Waals surface area contributed by atoms with Gasteiger partial charge in [0.05, 0.1) is 11.6 Å². The lowest BCUT2D eigenvalue weighted by Crippen LogP contribution is -2.29. The van der Waals surface area contributed by atoms with Gasteiger partial charge in [-0.2, -0.15) is 0 Å². The SMILES string of the molecule is COC[C@@H](C)NCc1ccc(Cl)c(Br)c1. The fourth-order valence-corrected chi connectivity index (χ4v) is 1.79. The summed E-state index contributed by atoms with van der Waals surface area (Å²) in [5, 5.41) is 4.10. The number of rotatable bonds is 5. The van der Waals surface area contributed by atoms with Crippen molar-refractivity contribution in [3.63, 3.8) is 0 Å². The van der Waals surface area contributed by atoms with Gasteiger partial charge >= 0.3 is 0 Å². The smallest absolute Gasteiger partial charge is 0.0613 e. The number of ether oxygens (including phenoxy) is 1. The lowest BCUT2D eigenvalue weighted by atomic mass is 10.2. The second-order valence-corrected chi connectivity index (χ2v) is 4.75. The second kappa shape index (κ2) is 6.48. The first-order valence-electron chi connectivity index (χ1n) is 4.79. The summed E-state index contributed by atoms with van der Waals surface area (Å²) in [5.74, 6) is 0. The van der Waals surface area contributed by atoms with E-state index in [9.17, 15) is 0 Å². The standard InChI is InChI=1S/C11H15BrClNO/c1-8(7-15-2)14-6-9-3-4-11(13)10(12)5-9/h3-5,8,14H,6-7H2,1-2H3/t8-/m1/s1. The Balaban J connectivity index is 2.47. The molecule has 0 aliphatic carbocycles. The van der Waals surface area contributed by atoms with E-state index in [0.717, 1.165) is 22.6 Å². The van der Waals surface area contributed by atoms with Crippen molar-refractivity contribution in [3.8, 4) is 0 Å². The second-order valence-electron chi connectivity index (χ2n) is 3.49. The van der Waals surface area contributed by atoms with Gasteiger partial charge in [-0.15, -0.1) is 0 Å². The summed E-state index contributed by atoms with van der Waals surface area (Å²) >= 11 is 9.31. The molecule has 4 heteroatoms. The zero-order valence-electron chi connectivity index (χ0n) is 8.89. The maximum atomic E-state index is 5.91. The van der Waals surface area contributed by atoms with Gasteiger partial charge in [0.15, 0.2) is 0 Å². The number of halogens is 2. The Morgan fingerprint density at radius 2 is 2.27 bits per heavy atom. The van der Waals surface area contributed by atoms with Crippen molar-refractivity contribution in [1.29, 1.82) is 0 Å². The van der Waals surface area contributed by atoms with Crippen LogP contribution in [0.25, 0.3) is 0 Å². The Hall–Kier alpha value is -0.0900. The molecule has 0 aliphatic rings. The molecule has 2 nitrogen and oxygen atoms in total. The molecule has 1 N–H and O–H groups in total. The Kier molecular flexibility index (Phi) is 5.61. The molecule has 0 spiro atoms. The molecule has 1 atom stereocenters. The predicted molar refractivity (Wildman–Crippen MR) is 67.3 cm³/mol. The summed E-state index contributed by atoms with van der Waals surface area (Å²) in [5.41, 5.74) is 1.20. The molecular weight excluding hydrogens is 277 g/mol. The summed E-state index contributed by atoms with van der Waals surface area (Å²) in [6.45, 7) is 3.63. The van der Waals surface area contributed by atoms with E-state index < -0.39 is 0 Å². The van der Waals surface area contributed by atoms with E-state index in [1.165, 1.54) is 5.56 Å². The highest BCUT2D eigenvalue weighted by atomic mass is 79.9. The topological polar surface area (TPSA) is 21.3 Å². The van der Waals surface area contributed by atoms with Gasteiger partial charge in [0, 0.05) is 24.2 Å². The normalized spacial score (nSPS) is 12.8.